The normalized spacial score (nSPS) is 6.70. The average molecular weight is 167 g/mol. The van der Waals surface area contributed by atoms with E-state index in [1.165, 1.54) is 0 Å². The van der Waals surface area contributed by atoms with Crippen LogP contribution in [0.3, 0.4) is 0 Å². The van der Waals surface area contributed by atoms with E-state index in [1.54, 1.807) is 4.31 Å². The highest BCUT2D eigenvalue weighted by Gasteiger charge is 1.65. The molecule has 0 aliphatic heterocycles. The molecule has 0 amide bonds. The Balaban J connectivity index is -0.0000000787. The molecular weight excluding hydrogens is 150 g/mol. The van der Waals surface area contributed by atoms with Crippen molar-refractivity contribution >= 4 is 18.8 Å². The van der Waals surface area contributed by atoms with Crippen molar-refractivity contribution in [1.82, 2.24) is 4.31 Å². The third-order valence-electron chi connectivity index (χ3n) is 0. The van der Waals surface area contributed by atoms with Crippen LogP contribution in [0.1, 0.15) is 20.8 Å². The number of aliphatic carboxylic acids is 1. The fraction of sp³-hybridized carbons (Fsp3) is 0.833. The maximum Gasteiger partial charge on any atom is 0.300 e. The molecule has 0 bridgehead atoms. The Hall–Kier alpha value is -0.220. The zero-order valence-electron chi connectivity index (χ0n) is 7.25. The lowest BCUT2D eigenvalue weighted by atomic mass is 10.9. The van der Waals surface area contributed by atoms with Crippen molar-refractivity contribution in [3.05, 3.63) is 0 Å². The Morgan fingerprint density at radius 1 is 1.40 bits per heavy atom. The van der Waals surface area contributed by atoms with Gasteiger partial charge >= 0.3 is 0 Å². The highest BCUT2D eigenvalue weighted by atomic mass is 32.1. The number of nitrogens with zero attached hydrogens (tertiary/aromatic N) is 1. The van der Waals surface area contributed by atoms with Gasteiger partial charge in [-0.2, -0.15) is 0 Å². The lowest BCUT2D eigenvalue weighted by Crippen LogP contribution is -1.89. The van der Waals surface area contributed by atoms with Crippen LogP contribution in [0.4, 0.5) is 0 Å². The van der Waals surface area contributed by atoms with E-state index in [2.05, 4.69) is 12.8 Å². The molecule has 0 heterocycles. The first-order valence-electron chi connectivity index (χ1n) is 3.02. The van der Waals surface area contributed by atoms with Crippen LogP contribution in [0.2, 0.25) is 0 Å². The minimum absolute atomic E-state index is 0.833. The second-order valence-electron chi connectivity index (χ2n) is 1.37. The molecule has 0 rings (SSSR count). The lowest BCUT2D eigenvalue weighted by molar-refractivity contribution is -0.134. The van der Waals surface area contributed by atoms with Crippen LogP contribution < -0.4 is 0 Å². The lowest BCUT2D eigenvalue weighted by Gasteiger charge is -1.88. The Labute approximate surface area is 68.6 Å². The van der Waals surface area contributed by atoms with Gasteiger partial charge in [0, 0.05) is 6.92 Å². The van der Waals surface area contributed by atoms with Crippen molar-refractivity contribution in [2.45, 2.75) is 20.8 Å². The molecule has 0 fully saturated rings. The highest BCUT2D eigenvalue weighted by molar-refractivity contribution is 7.77. The molecule has 10 heavy (non-hydrogen) atoms. The van der Waals surface area contributed by atoms with E-state index in [0.29, 0.717) is 0 Å². The largest absolute Gasteiger partial charge is 0.481 e. The van der Waals surface area contributed by atoms with Gasteiger partial charge in [-0.05, 0) is 14.1 Å². The highest BCUT2D eigenvalue weighted by Crippen LogP contribution is 1.69. The van der Waals surface area contributed by atoms with Gasteiger partial charge < -0.3 is 5.11 Å². The number of hydrogen-bond acceptors (Lipinski definition) is 3. The zero-order valence-corrected chi connectivity index (χ0v) is 8.14. The van der Waals surface area contributed by atoms with Crippen LogP contribution in [0.15, 0.2) is 0 Å². The minimum atomic E-state index is -0.833. The zero-order chi connectivity index (χ0) is 9.15. The van der Waals surface area contributed by atoms with Crippen LogP contribution in [0.5, 0.6) is 0 Å². The molecule has 0 atom stereocenters. The smallest absolute Gasteiger partial charge is 0.300 e. The summed E-state index contributed by atoms with van der Waals surface area (Å²) in [6.45, 7) is 5.08. The summed E-state index contributed by atoms with van der Waals surface area (Å²) in [5.41, 5.74) is 0. The summed E-state index contributed by atoms with van der Waals surface area (Å²) in [5, 5.41) is 7.42. The number of thiol groups is 1. The second kappa shape index (κ2) is 15.9. The summed E-state index contributed by atoms with van der Waals surface area (Å²) in [5.74, 6) is -0.833. The molecule has 0 aliphatic rings. The topological polar surface area (TPSA) is 40.5 Å². The van der Waals surface area contributed by atoms with Crippen molar-refractivity contribution in [2.24, 2.45) is 0 Å². The molecular formula is C6H17NO2S. The van der Waals surface area contributed by atoms with Gasteiger partial charge in [-0.1, -0.05) is 26.7 Å². The molecule has 0 unspecified atom stereocenters. The molecule has 0 aliphatic carbocycles. The van der Waals surface area contributed by atoms with Gasteiger partial charge in [-0.15, -0.1) is 0 Å². The molecule has 0 aromatic carbocycles. The van der Waals surface area contributed by atoms with Crippen LogP contribution in [-0.4, -0.2) is 29.5 Å². The average Bonchev–Trinajstić information content (AvgIpc) is 1.66. The molecule has 3 nitrogen and oxygen atoms in total. The van der Waals surface area contributed by atoms with Crippen molar-refractivity contribution in [3.63, 3.8) is 0 Å². The summed E-state index contributed by atoms with van der Waals surface area (Å²) in [6.07, 6.45) is 0. The molecule has 4 heteroatoms. The molecule has 0 saturated heterocycles. The summed E-state index contributed by atoms with van der Waals surface area (Å²) in [4.78, 5) is 9.00. The van der Waals surface area contributed by atoms with Gasteiger partial charge in [0.1, 0.15) is 0 Å². The number of hydrogen-bond donors (Lipinski definition) is 2. The number of rotatable bonds is 0. The van der Waals surface area contributed by atoms with Gasteiger partial charge in [0.2, 0.25) is 0 Å². The standard InChI is InChI=1S/C2H7NS.C2H4O2.C2H6/c1-3(2)4;1-2(3)4;1-2/h4H,1-2H3;1H3,(H,3,4);1-2H3. The van der Waals surface area contributed by atoms with E-state index < -0.39 is 5.97 Å². The fourth-order valence-corrected chi connectivity index (χ4v) is 0. The van der Waals surface area contributed by atoms with Crippen molar-refractivity contribution < 1.29 is 9.90 Å². The van der Waals surface area contributed by atoms with Crippen molar-refractivity contribution in [2.75, 3.05) is 14.1 Å². The van der Waals surface area contributed by atoms with E-state index in [0.717, 1.165) is 6.92 Å². The van der Waals surface area contributed by atoms with Gasteiger partial charge in [-0.3, -0.25) is 9.10 Å². The Morgan fingerprint density at radius 3 is 1.40 bits per heavy atom. The Kier molecular flexibility index (Phi) is 26.1. The second-order valence-corrected chi connectivity index (χ2v) is 2.17. The van der Waals surface area contributed by atoms with Crippen LogP contribution in [0, 0.1) is 0 Å². The first-order chi connectivity index (χ1) is 4.46. The number of carboxylic acid groups (broad SMARTS) is 1. The van der Waals surface area contributed by atoms with Crippen LogP contribution in [0.25, 0.3) is 0 Å². The fourth-order valence-electron chi connectivity index (χ4n) is 0. The molecule has 1 N–H and O–H groups in total. The van der Waals surface area contributed by atoms with Gasteiger partial charge in [-0.25, -0.2) is 0 Å². The summed E-state index contributed by atoms with van der Waals surface area (Å²) < 4.78 is 1.69. The molecule has 0 saturated carbocycles. The number of carboxylic acids is 1. The summed E-state index contributed by atoms with van der Waals surface area (Å²) in [7, 11) is 3.73. The quantitative estimate of drug-likeness (QED) is 0.537. The SMILES string of the molecule is CC.CC(=O)O.CN(C)S. The van der Waals surface area contributed by atoms with Gasteiger partial charge in [0.25, 0.3) is 5.97 Å². The molecule has 0 spiro atoms. The molecule has 64 valence electrons. The van der Waals surface area contributed by atoms with E-state index in [4.69, 9.17) is 9.90 Å². The van der Waals surface area contributed by atoms with E-state index in [-0.39, 0.29) is 0 Å². The first kappa shape index (κ1) is 16.4. The maximum atomic E-state index is 9.00. The van der Waals surface area contributed by atoms with Crippen molar-refractivity contribution in [1.29, 1.82) is 0 Å². The van der Waals surface area contributed by atoms with E-state index in [1.807, 2.05) is 27.9 Å². The predicted octanol–water partition coefficient (Wildman–Crippen LogP) is 1.51. The summed E-state index contributed by atoms with van der Waals surface area (Å²) in [6, 6.07) is 0. The third-order valence-corrected chi connectivity index (χ3v) is 0. The van der Waals surface area contributed by atoms with E-state index in [9.17, 15) is 0 Å². The van der Waals surface area contributed by atoms with Gasteiger partial charge in [0.15, 0.2) is 0 Å². The molecule has 0 radical (unpaired) electrons. The van der Waals surface area contributed by atoms with Crippen LogP contribution in [-0.2, 0) is 4.79 Å². The van der Waals surface area contributed by atoms with Crippen molar-refractivity contribution in [3.8, 4) is 0 Å². The Morgan fingerprint density at radius 2 is 1.40 bits per heavy atom. The van der Waals surface area contributed by atoms with Gasteiger partial charge in [0.05, 0.1) is 0 Å². The predicted molar refractivity (Wildman–Crippen MR) is 47.3 cm³/mol. The Bertz CT molecular complexity index is 60.0. The minimum Gasteiger partial charge on any atom is -0.481 e. The first-order valence-corrected chi connectivity index (χ1v) is 3.42. The summed E-state index contributed by atoms with van der Waals surface area (Å²) >= 11 is 3.80. The molecule has 0 aromatic heterocycles. The molecule has 0 aromatic rings. The van der Waals surface area contributed by atoms with Crippen LogP contribution >= 0.6 is 12.8 Å². The number of carbonyl (C=O) groups is 1. The maximum absolute atomic E-state index is 9.00. The van der Waals surface area contributed by atoms with E-state index >= 15 is 0 Å². The monoisotopic (exact) mass is 167 g/mol. The third kappa shape index (κ3) is 7390.